The minimum atomic E-state index is -4.38. The van der Waals surface area contributed by atoms with Crippen LogP contribution in [0, 0.1) is 5.92 Å². The van der Waals surface area contributed by atoms with Crippen LogP contribution in [0.5, 0.6) is 0 Å². The molecule has 1 aromatic carbocycles. The van der Waals surface area contributed by atoms with E-state index in [1.54, 1.807) is 11.0 Å². The summed E-state index contributed by atoms with van der Waals surface area (Å²) in [5.74, 6) is -0.00819. The van der Waals surface area contributed by atoms with E-state index in [2.05, 4.69) is 15.1 Å². The van der Waals surface area contributed by atoms with Crippen LogP contribution in [0.15, 0.2) is 24.3 Å². The van der Waals surface area contributed by atoms with Crippen LogP contribution in [-0.2, 0) is 15.8 Å². The first kappa shape index (κ1) is 23.8. The zero-order valence-electron chi connectivity index (χ0n) is 19.2. The van der Waals surface area contributed by atoms with E-state index in [0.29, 0.717) is 56.5 Å². The molecule has 3 fully saturated rings. The Hall–Kier alpha value is -2.89. The van der Waals surface area contributed by atoms with E-state index in [9.17, 15) is 22.8 Å². The van der Waals surface area contributed by atoms with Gasteiger partial charge in [0.25, 0.3) is 0 Å². The van der Waals surface area contributed by atoms with Crippen molar-refractivity contribution in [2.24, 2.45) is 5.92 Å². The molecule has 8 nitrogen and oxygen atoms in total. The van der Waals surface area contributed by atoms with Gasteiger partial charge in [0.15, 0.2) is 0 Å². The van der Waals surface area contributed by atoms with Gasteiger partial charge in [-0.15, -0.1) is 10.2 Å². The lowest BCUT2D eigenvalue weighted by atomic mass is 9.96. The number of piperazine rings is 1. The highest BCUT2D eigenvalue weighted by atomic mass is 32.1. The molecule has 0 bridgehead atoms. The lowest BCUT2D eigenvalue weighted by Crippen LogP contribution is -2.52. The third-order valence-electron chi connectivity index (χ3n) is 6.88. The maximum atomic E-state index is 13.3. The number of anilines is 3. The first-order chi connectivity index (χ1) is 16.8. The van der Waals surface area contributed by atoms with Crippen LogP contribution in [0.25, 0.3) is 0 Å². The molecule has 0 N–H and O–H groups in total. The topological polar surface area (TPSA) is 72.9 Å². The number of carbonyl (C=O) groups excluding carboxylic acids is 2. The first-order valence-electron chi connectivity index (χ1n) is 11.9. The number of hydrogen-bond donors (Lipinski definition) is 0. The number of rotatable bonds is 4. The molecule has 4 heterocycles. The van der Waals surface area contributed by atoms with Crippen LogP contribution in [0.2, 0.25) is 0 Å². The summed E-state index contributed by atoms with van der Waals surface area (Å²) in [6.07, 6.45) is -1.36. The molecule has 2 aromatic rings. The highest BCUT2D eigenvalue weighted by molar-refractivity contribution is 7.19. The molecule has 3 saturated heterocycles. The van der Waals surface area contributed by atoms with Crippen molar-refractivity contribution in [3.63, 3.8) is 0 Å². The molecule has 35 heavy (non-hydrogen) atoms. The number of nitrogens with zero attached hydrogens (tertiary/aromatic N) is 6. The molecule has 0 spiro atoms. The molecule has 3 aliphatic heterocycles. The van der Waals surface area contributed by atoms with Gasteiger partial charge in [-0.3, -0.25) is 14.5 Å². The fourth-order valence-corrected chi connectivity index (χ4v) is 5.89. The molecule has 2 amide bonds. The second-order valence-corrected chi connectivity index (χ2v) is 10.1. The summed E-state index contributed by atoms with van der Waals surface area (Å²) in [6, 6.07) is 5.34. The Labute approximate surface area is 205 Å². The number of piperidine rings is 1. The number of hydrogen-bond acceptors (Lipinski definition) is 7. The minimum absolute atomic E-state index is 0.0728. The van der Waals surface area contributed by atoms with E-state index in [-0.39, 0.29) is 17.7 Å². The van der Waals surface area contributed by atoms with Crippen LogP contribution in [0.1, 0.15) is 31.2 Å². The second kappa shape index (κ2) is 9.63. The predicted octanol–water partition coefficient (Wildman–Crippen LogP) is 3.25. The van der Waals surface area contributed by atoms with E-state index in [1.165, 1.54) is 23.5 Å². The highest BCUT2D eigenvalue weighted by Gasteiger charge is 2.34. The fraction of sp³-hybridized carbons (Fsp3) is 0.565. The zero-order chi connectivity index (χ0) is 24.6. The van der Waals surface area contributed by atoms with E-state index in [4.69, 9.17) is 0 Å². The van der Waals surface area contributed by atoms with Crippen LogP contribution in [-0.4, -0.2) is 72.7 Å². The summed E-state index contributed by atoms with van der Waals surface area (Å²) in [7, 11) is 0. The van der Waals surface area contributed by atoms with Crippen molar-refractivity contribution in [2.45, 2.75) is 31.9 Å². The van der Waals surface area contributed by atoms with Gasteiger partial charge in [-0.2, -0.15) is 13.2 Å². The molecule has 0 saturated carbocycles. The van der Waals surface area contributed by atoms with Gasteiger partial charge in [0, 0.05) is 57.9 Å². The molecule has 188 valence electrons. The number of aromatic nitrogens is 2. The van der Waals surface area contributed by atoms with Crippen molar-refractivity contribution in [1.29, 1.82) is 0 Å². The lowest BCUT2D eigenvalue weighted by Gasteiger charge is -2.39. The van der Waals surface area contributed by atoms with Gasteiger partial charge in [0.05, 0.1) is 11.5 Å². The summed E-state index contributed by atoms with van der Waals surface area (Å²) >= 11 is 1.39. The lowest BCUT2D eigenvalue weighted by molar-refractivity contribution is -0.137. The smallest absolute Gasteiger partial charge is 0.368 e. The SMILES string of the molecule is O=C([C@@H]1CCCN(c2nnc(N3CCCC3=O)s2)C1)N1CCN(c2cccc(C(F)(F)F)c2)CC1. The molecule has 1 atom stereocenters. The van der Waals surface area contributed by atoms with Gasteiger partial charge in [-0.1, -0.05) is 17.4 Å². The maximum absolute atomic E-state index is 13.3. The van der Waals surface area contributed by atoms with Crippen molar-refractivity contribution in [1.82, 2.24) is 15.1 Å². The van der Waals surface area contributed by atoms with E-state index in [1.807, 2.05) is 9.80 Å². The summed E-state index contributed by atoms with van der Waals surface area (Å²) in [6.45, 7) is 3.95. The summed E-state index contributed by atoms with van der Waals surface area (Å²) < 4.78 is 39.2. The van der Waals surface area contributed by atoms with Gasteiger partial charge >= 0.3 is 6.18 Å². The Morgan fingerprint density at radius 1 is 0.971 bits per heavy atom. The average Bonchev–Trinajstić information content (AvgIpc) is 3.52. The van der Waals surface area contributed by atoms with Crippen molar-refractivity contribution in [3.8, 4) is 0 Å². The second-order valence-electron chi connectivity index (χ2n) is 9.16. The predicted molar refractivity (Wildman–Crippen MR) is 127 cm³/mol. The summed E-state index contributed by atoms with van der Waals surface area (Å²) in [4.78, 5) is 32.7. The Morgan fingerprint density at radius 3 is 2.46 bits per heavy atom. The van der Waals surface area contributed by atoms with Crippen LogP contribution in [0.3, 0.4) is 0 Å². The van der Waals surface area contributed by atoms with E-state index in [0.717, 1.165) is 37.0 Å². The quantitative estimate of drug-likeness (QED) is 0.632. The largest absolute Gasteiger partial charge is 0.416 e. The molecular weight excluding hydrogens is 481 g/mol. The van der Waals surface area contributed by atoms with Crippen LogP contribution >= 0.6 is 11.3 Å². The van der Waals surface area contributed by atoms with Crippen molar-refractivity contribution in [2.75, 3.05) is 60.5 Å². The highest BCUT2D eigenvalue weighted by Crippen LogP contribution is 2.34. The summed E-state index contributed by atoms with van der Waals surface area (Å²) in [5, 5.41) is 9.83. The number of benzene rings is 1. The molecule has 0 unspecified atom stereocenters. The molecule has 1 aromatic heterocycles. The third kappa shape index (κ3) is 5.07. The molecule has 0 aliphatic carbocycles. The number of halogens is 3. The Kier molecular flexibility index (Phi) is 6.56. The van der Waals surface area contributed by atoms with Gasteiger partial charge in [-0.05, 0) is 37.5 Å². The summed E-state index contributed by atoms with van der Waals surface area (Å²) in [5.41, 5.74) is -0.135. The standard InChI is InChI=1S/C23H27F3N6O2S/c24-23(25,26)17-5-1-6-18(14-17)29-10-12-30(13-11-29)20(34)16-4-2-8-31(15-16)21-27-28-22(35-21)32-9-3-7-19(32)33/h1,5-6,14,16H,2-4,7-13,15H2/t16-/m1/s1. The maximum Gasteiger partial charge on any atom is 0.416 e. The molecule has 0 radical (unpaired) electrons. The van der Waals surface area contributed by atoms with Crippen LogP contribution in [0.4, 0.5) is 29.1 Å². The van der Waals surface area contributed by atoms with Gasteiger partial charge in [0.2, 0.25) is 22.1 Å². The van der Waals surface area contributed by atoms with Crippen molar-refractivity contribution >= 4 is 39.1 Å². The Morgan fingerprint density at radius 2 is 1.74 bits per heavy atom. The van der Waals surface area contributed by atoms with Gasteiger partial charge in [0.1, 0.15) is 0 Å². The van der Waals surface area contributed by atoms with Gasteiger partial charge in [-0.25, -0.2) is 0 Å². The van der Waals surface area contributed by atoms with E-state index >= 15 is 0 Å². The first-order valence-corrected chi connectivity index (χ1v) is 12.7. The van der Waals surface area contributed by atoms with Crippen LogP contribution < -0.4 is 14.7 Å². The minimum Gasteiger partial charge on any atom is -0.368 e. The Balaban J connectivity index is 1.18. The van der Waals surface area contributed by atoms with Crippen molar-refractivity contribution < 1.29 is 22.8 Å². The zero-order valence-corrected chi connectivity index (χ0v) is 20.0. The van der Waals surface area contributed by atoms with Gasteiger partial charge < -0.3 is 14.7 Å². The molecule has 3 aliphatic rings. The number of carbonyl (C=O) groups is 2. The number of amides is 2. The molecule has 12 heteroatoms. The third-order valence-corrected chi connectivity index (χ3v) is 7.89. The average molecular weight is 509 g/mol. The molecular formula is C23H27F3N6O2S. The number of alkyl halides is 3. The van der Waals surface area contributed by atoms with Crippen molar-refractivity contribution in [3.05, 3.63) is 29.8 Å². The fourth-order valence-electron chi connectivity index (χ4n) is 4.97. The Bertz CT molecular complexity index is 1090. The normalized spacial score (nSPS) is 21.7. The monoisotopic (exact) mass is 508 g/mol. The van der Waals surface area contributed by atoms with E-state index < -0.39 is 11.7 Å². The molecule has 5 rings (SSSR count).